The molecule has 0 aliphatic rings. The van der Waals surface area contributed by atoms with Gasteiger partial charge in [-0.3, -0.25) is 14.9 Å². The molecule has 1 aromatic heterocycles. The Morgan fingerprint density at radius 3 is 2.83 bits per heavy atom. The Bertz CT molecular complexity index is 620. The second kappa shape index (κ2) is 4.46. The van der Waals surface area contributed by atoms with Crippen LogP contribution < -0.4 is 5.73 Å². The topological polar surface area (TPSA) is 111 Å². The first-order valence-corrected chi connectivity index (χ1v) is 5.21. The summed E-state index contributed by atoms with van der Waals surface area (Å²) in [7, 11) is 0. The van der Waals surface area contributed by atoms with E-state index >= 15 is 0 Å². The quantitative estimate of drug-likeness (QED) is 0.619. The van der Waals surface area contributed by atoms with E-state index in [4.69, 9.17) is 10.8 Å². The predicted octanol–water partition coefficient (Wildman–Crippen LogP) is 0.961. The van der Waals surface area contributed by atoms with Crippen LogP contribution in [0, 0.1) is 10.1 Å². The van der Waals surface area contributed by atoms with Crippen molar-refractivity contribution in [1.82, 2.24) is 4.57 Å². The Kier molecular flexibility index (Phi) is 2.99. The van der Waals surface area contributed by atoms with E-state index in [1.807, 2.05) is 0 Å². The summed E-state index contributed by atoms with van der Waals surface area (Å²) in [6.07, 6.45) is 1.60. The van der Waals surface area contributed by atoms with E-state index < -0.39 is 16.9 Å². The molecule has 0 saturated carbocycles. The minimum absolute atomic E-state index is 0.00449. The number of hydrogen-bond acceptors (Lipinski definition) is 4. The maximum absolute atomic E-state index is 10.8. The molecule has 0 fully saturated rings. The molecule has 2 aromatic rings. The Hall–Kier alpha value is -2.41. The fourth-order valence-electron chi connectivity index (χ4n) is 1.82. The Labute approximate surface area is 102 Å². The van der Waals surface area contributed by atoms with Crippen LogP contribution in [-0.4, -0.2) is 26.6 Å². The number of rotatable bonds is 4. The maximum atomic E-state index is 10.8. The minimum atomic E-state index is -1.11. The van der Waals surface area contributed by atoms with Gasteiger partial charge >= 0.3 is 5.97 Å². The van der Waals surface area contributed by atoms with Crippen LogP contribution in [0.1, 0.15) is 0 Å². The molecule has 0 bridgehead atoms. The predicted molar refractivity (Wildman–Crippen MR) is 64.2 cm³/mol. The van der Waals surface area contributed by atoms with E-state index in [9.17, 15) is 14.9 Å². The molecule has 0 saturated heterocycles. The lowest BCUT2D eigenvalue weighted by atomic mass is 10.2. The number of carbonyl (C=O) groups is 1. The number of nitrogens with two attached hydrogens (primary N) is 1. The normalized spacial score (nSPS) is 12.5. The van der Waals surface area contributed by atoms with Crippen LogP contribution in [0.15, 0.2) is 30.5 Å². The summed E-state index contributed by atoms with van der Waals surface area (Å²) in [4.78, 5) is 21.1. The van der Waals surface area contributed by atoms with Crippen molar-refractivity contribution in [2.24, 2.45) is 5.73 Å². The molecule has 0 aliphatic carbocycles. The molecule has 1 heterocycles. The number of aliphatic carboxylic acids is 1. The highest BCUT2D eigenvalue weighted by Crippen LogP contribution is 2.26. The Balaban J connectivity index is 2.46. The summed E-state index contributed by atoms with van der Waals surface area (Å²) in [6, 6.07) is 5.20. The van der Waals surface area contributed by atoms with Crippen molar-refractivity contribution < 1.29 is 14.8 Å². The molecule has 94 valence electrons. The number of fused-ring (bicyclic) bond motifs is 1. The van der Waals surface area contributed by atoms with Gasteiger partial charge in [0.25, 0.3) is 5.69 Å². The monoisotopic (exact) mass is 249 g/mol. The fourth-order valence-corrected chi connectivity index (χ4v) is 1.82. The summed E-state index contributed by atoms with van der Waals surface area (Å²) < 4.78 is 1.60. The minimum Gasteiger partial charge on any atom is -0.480 e. The van der Waals surface area contributed by atoms with E-state index in [0.717, 1.165) is 0 Å². The number of hydrogen-bond donors (Lipinski definition) is 2. The summed E-state index contributed by atoms with van der Waals surface area (Å²) in [5.41, 5.74) is 6.04. The third kappa shape index (κ3) is 2.03. The molecule has 7 heteroatoms. The van der Waals surface area contributed by atoms with Gasteiger partial charge in [0.15, 0.2) is 0 Å². The number of nitro benzene ring substituents is 1. The molecular weight excluding hydrogens is 238 g/mol. The van der Waals surface area contributed by atoms with Crippen molar-refractivity contribution in [2.75, 3.05) is 0 Å². The van der Waals surface area contributed by atoms with Gasteiger partial charge in [0.1, 0.15) is 6.04 Å². The molecule has 1 atom stereocenters. The summed E-state index contributed by atoms with van der Waals surface area (Å²) in [5, 5.41) is 20.1. The van der Waals surface area contributed by atoms with Gasteiger partial charge < -0.3 is 15.4 Å². The van der Waals surface area contributed by atoms with Gasteiger partial charge in [0.05, 0.1) is 15.8 Å². The summed E-state index contributed by atoms with van der Waals surface area (Å²) in [6.45, 7) is 0.0694. The van der Waals surface area contributed by atoms with Crippen molar-refractivity contribution >= 4 is 22.6 Å². The number of nitrogens with zero attached hydrogens (tertiary/aromatic N) is 2. The zero-order chi connectivity index (χ0) is 13.3. The Morgan fingerprint density at radius 1 is 1.50 bits per heavy atom. The number of carboxylic acid groups (broad SMARTS) is 1. The molecule has 3 N–H and O–H groups in total. The molecule has 0 radical (unpaired) electrons. The smallest absolute Gasteiger partial charge is 0.322 e. The highest BCUT2D eigenvalue weighted by atomic mass is 16.6. The maximum Gasteiger partial charge on any atom is 0.322 e. The van der Waals surface area contributed by atoms with Crippen LogP contribution in [0.25, 0.3) is 10.9 Å². The lowest BCUT2D eigenvalue weighted by Crippen LogP contribution is -2.34. The van der Waals surface area contributed by atoms with Gasteiger partial charge in [0.2, 0.25) is 0 Å². The average Bonchev–Trinajstić information content (AvgIpc) is 2.72. The third-order valence-electron chi connectivity index (χ3n) is 2.70. The molecule has 2 rings (SSSR count). The zero-order valence-electron chi connectivity index (χ0n) is 9.31. The molecule has 1 aromatic carbocycles. The first-order valence-electron chi connectivity index (χ1n) is 5.21. The highest BCUT2D eigenvalue weighted by molar-refractivity contribution is 5.89. The summed E-state index contributed by atoms with van der Waals surface area (Å²) in [5.74, 6) is -1.11. The van der Waals surface area contributed by atoms with Gasteiger partial charge in [-0.1, -0.05) is 6.07 Å². The lowest BCUT2D eigenvalue weighted by Gasteiger charge is -2.08. The lowest BCUT2D eigenvalue weighted by molar-refractivity contribution is -0.383. The van der Waals surface area contributed by atoms with Crippen molar-refractivity contribution in [2.45, 2.75) is 12.6 Å². The molecule has 18 heavy (non-hydrogen) atoms. The molecule has 0 amide bonds. The van der Waals surface area contributed by atoms with Gasteiger partial charge in [0, 0.05) is 18.8 Å². The Morgan fingerprint density at radius 2 is 2.22 bits per heavy atom. The van der Waals surface area contributed by atoms with Crippen molar-refractivity contribution in [3.8, 4) is 0 Å². The first kappa shape index (κ1) is 12.1. The SMILES string of the molecule is NC(Cn1ccc2c([N+](=O)[O-])cccc21)C(=O)O. The van der Waals surface area contributed by atoms with Gasteiger partial charge in [-0.2, -0.15) is 0 Å². The highest BCUT2D eigenvalue weighted by Gasteiger charge is 2.17. The summed E-state index contributed by atoms with van der Waals surface area (Å²) >= 11 is 0. The number of benzene rings is 1. The van der Waals surface area contributed by atoms with Gasteiger partial charge in [-0.15, -0.1) is 0 Å². The first-order chi connectivity index (χ1) is 8.50. The van der Waals surface area contributed by atoms with E-state index in [1.165, 1.54) is 6.07 Å². The molecule has 1 unspecified atom stereocenters. The molecular formula is C11H11N3O4. The van der Waals surface area contributed by atoms with Crippen LogP contribution in [0.3, 0.4) is 0 Å². The third-order valence-corrected chi connectivity index (χ3v) is 2.70. The van der Waals surface area contributed by atoms with E-state index in [0.29, 0.717) is 10.9 Å². The standard InChI is InChI=1S/C11H11N3O4/c12-8(11(15)16)6-13-5-4-7-9(13)2-1-3-10(7)14(17)18/h1-5,8H,6,12H2,(H,15,16). The van der Waals surface area contributed by atoms with Crippen LogP contribution in [0.4, 0.5) is 5.69 Å². The molecule has 0 spiro atoms. The second-order valence-corrected chi connectivity index (χ2v) is 3.88. The van der Waals surface area contributed by atoms with Crippen molar-refractivity contribution in [3.05, 3.63) is 40.6 Å². The molecule has 0 aliphatic heterocycles. The number of aromatic nitrogens is 1. The van der Waals surface area contributed by atoms with E-state index in [2.05, 4.69) is 0 Å². The van der Waals surface area contributed by atoms with Crippen molar-refractivity contribution in [3.63, 3.8) is 0 Å². The zero-order valence-corrected chi connectivity index (χ0v) is 9.31. The van der Waals surface area contributed by atoms with Crippen LogP contribution in [0.2, 0.25) is 0 Å². The second-order valence-electron chi connectivity index (χ2n) is 3.88. The van der Waals surface area contributed by atoms with E-state index in [-0.39, 0.29) is 12.2 Å². The number of nitro groups is 1. The molecule has 7 nitrogen and oxygen atoms in total. The van der Waals surface area contributed by atoms with Crippen LogP contribution >= 0.6 is 0 Å². The number of non-ortho nitro benzene ring substituents is 1. The van der Waals surface area contributed by atoms with Crippen molar-refractivity contribution in [1.29, 1.82) is 0 Å². The van der Waals surface area contributed by atoms with Crippen LogP contribution in [-0.2, 0) is 11.3 Å². The average molecular weight is 249 g/mol. The van der Waals surface area contributed by atoms with Crippen LogP contribution in [0.5, 0.6) is 0 Å². The van der Waals surface area contributed by atoms with E-state index in [1.54, 1.807) is 29.0 Å². The van der Waals surface area contributed by atoms with Gasteiger partial charge in [-0.25, -0.2) is 0 Å². The largest absolute Gasteiger partial charge is 0.480 e. The van der Waals surface area contributed by atoms with Gasteiger partial charge in [-0.05, 0) is 12.1 Å². The number of carboxylic acids is 1. The fraction of sp³-hybridized carbons (Fsp3) is 0.182.